The second-order valence-corrected chi connectivity index (χ2v) is 10.3. The number of rotatable bonds is 4. The molecule has 0 radical (unpaired) electrons. The monoisotopic (exact) mass is 457 g/mol. The highest BCUT2D eigenvalue weighted by molar-refractivity contribution is 7.92. The number of carbonyl (C=O) groups excluding carboxylic acids is 1. The van der Waals surface area contributed by atoms with Crippen LogP contribution in [0.5, 0.6) is 0 Å². The van der Waals surface area contributed by atoms with Gasteiger partial charge in [0.15, 0.2) is 0 Å². The third kappa shape index (κ3) is 4.19. The van der Waals surface area contributed by atoms with Crippen molar-refractivity contribution in [3.63, 3.8) is 0 Å². The Hall–Kier alpha value is -3.01. The van der Waals surface area contributed by atoms with Crippen LogP contribution < -0.4 is 9.29 Å². The summed E-state index contributed by atoms with van der Waals surface area (Å²) in [6.07, 6.45) is 3.75. The van der Waals surface area contributed by atoms with Gasteiger partial charge in [-0.3, -0.25) is 9.52 Å². The van der Waals surface area contributed by atoms with E-state index in [1.54, 1.807) is 18.2 Å². The van der Waals surface area contributed by atoms with Gasteiger partial charge in [-0.05, 0) is 38.3 Å². The van der Waals surface area contributed by atoms with E-state index in [2.05, 4.69) is 9.71 Å². The number of benzene rings is 1. The molecule has 0 spiro atoms. The molecule has 3 aromatic rings. The highest BCUT2D eigenvalue weighted by atomic mass is 32.2. The maximum atomic E-state index is 13.7. The Morgan fingerprint density at radius 1 is 1.19 bits per heavy atom. The topological polar surface area (TPSA) is 101 Å². The quantitative estimate of drug-likeness (QED) is 0.606. The number of piperidine rings is 1. The molecule has 0 saturated carbocycles. The fourth-order valence-electron chi connectivity index (χ4n) is 4.25. The molecule has 10 heteroatoms. The van der Waals surface area contributed by atoms with Crippen molar-refractivity contribution in [2.45, 2.75) is 46.1 Å². The lowest BCUT2D eigenvalue weighted by Crippen LogP contribution is -2.40. The molecule has 0 bridgehead atoms. The number of hydrogen-bond acceptors (Lipinski definition) is 5. The summed E-state index contributed by atoms with van der Waals surface area (Å²) in [5.74, 6) is 1.63. The molecule has 1 fully saturated rings. The van der Waals surface area contributed by atoms with Gasteiger partial charge >= 0.3 is 0 Å². The zero-order chi connectivity index (χ0) is 23.2. The Bertz CT molecular complexity index is 1310. The van der Waals surface area contributed by atoms with Crippen molar-refractivity contribution in [1.29, 1.82) is 0 Å². The van der Waals surface area contributed by atoms with Gasteiger partial charge in [-0.1, -0.05) is 16.6 Å². The first-order valence-corrected chi connectivity index (χ1v) is 12.6. The first-order valence-electron chi connectivity index (χ1n) is 10.7. The highest BCUT2D eigenvalue weighted by Gasteiger charge is 2.33. The second-order valence-electron chi connectivity index (χ2n) is 8.54. The Morgan fingerprint density at radius 3 is 2.66 bits per heavy atom. The van der Waals surface area contributed by atoms with Gasteiger partial charge in [0.25, 0.3) is 11.6 Å². The molecule has 0 aliphatic carbocycles. The predicted octanol–water partition coefficient (Wildman–Crippen LogP) is 2.22. The van der Waals surface area contributed by atoms with Crippen molar-refractivity contribution in [3.8, 4) is 0 Å². The molecule has 3 heterocycles. The maximum Gasteiger partial charge on any atom is 0.292 e. The van der Waals surface area contributed by atoms with Crippen LogP contribution in [0.15, 0.2) is 24.3 Å². The van der Waals surface area contributed by atoms with E-state index in [-0.39, 0.29) is 11.9 Å². The van der Waals surface area contributed by atoms with Crippen LogP contribution in [0.2, 0.25) is 0 Å². The number of anilines is 1. The molecule has 1 aliphatic heterocycles. The van der Waals surface area contributed by atoms with Crippen molar-refractivity contribution in [1.82, 2.24) is 19.5 Å². The molecule has 1 N–H and O–H groups in total. The van der Waals surface area contributed by atoms with Crippen LogP contribution in [-0.4, -0.2) is 46.6 Å². The van der Waals surface area contributed by atoms with Gasteiger partial charge in [-0.25, -0.2) is 13.0 Å². The van der Waals surface area contributed by atoms with Gasteiger partial charge in [0, 0.05) is 26.5 Å². The number of aryl methyl sites for hydroxylation is 3. The van der Waals surface area contributed by atoms with Crippen LogP contribution in [0.25, 0.3) is 5.65 Å². The zero-order valence-electron chi connectivity index (χ0n) is 19.1. The lowest BCUT2D eigenvalue weighted by molar-refractivity contribution is -0.690. The third-order valence-corrected chi connectivity index (χ3v) is 6.66. The summed E-state index contributed by atoms with van der Waals surface area (Å²) in [5.41, 5.74) is 3.08. The Morgan fingerprint density at radius 2 is 1.94 bits per heavy atom. The molecule has 9 nitrogen and oxygen atoms in total. The largest absolute Gasteiger partial charge is 0.330 e. The molecule has 1 saturated heterocycles. The number of likely N-dealkylation sites (tertiary alicyclic amines) is 1. The smallest absolute Gasteiger partial charge is 0.292 e. The average molecular weight is 458 g/mol. The van der Waals surface area contributed by atoms with Crippen LogP contribution in [0, 0.1) is 20.8 Å². The van der Waals surface area contributed by atoms with Crippen LogP contribution in [0.4, 0.5) is 5.69 Å². The molecule has 32 heavy (non-hydrogen) atoms. The van der Waals surface area contributed by atoms with Gasteiger partial charge in [-0.15, -0.1) is 9.61 Å². The van der Waals surface area contributed by atoms with Crippen molar-refractivity contribution >= 4 is 27.3 Å². The van der Waals surface area contributed by atoms with E-state index in [1.807, 2.05) is 47.9 Å². The number of nitrogens with zero attached hydrogens (tertiary/aromatic N) is 5. The Labute approximate surface area is 188 Å². The molecule has 4 rings (SSSR count). The van der Waals surface area contributed by atoms with Gasteiger partial charge in [0.1, 0.15) is 5.69 Å². The fraction of sp³-hybridized carbons (Fsp3) is 0.455. The zero-order valence-corrected chi connectivity index (χ0v) is 19.9. The van der Waals surface area contributed by atoms with E-state index in [0.29, 0.717) is 17.8 Å². The van der Waals surface area contributed by atoms with Crippen molar-refractivity contribution in [2.75, 3.05) is 17.5 Å². The first kappa shape index (κ1) is 22.2. The standard InChI is InChI=1S/C22H28N6O3S/c1-14-9-10-18(25-32(5,30)31)17(12-14)22(29)27-11-7-6-8-20(27)19-13-21-23-15(2)26(4)16(3)28(21)24-19/h9-10,12-13,20H,6-8,11H2,1-5H3/p+1/t20-/m0/s1. The van der Waals surface area contributed by atoms with Gasteiger partial charge in [0.05, 0.1) is 30.6 Å². The summed E-state index contributed by atoms with van der Waals surface area (Å²) in [4.78, 5) is 20.1. The molecule has 1 aromatic carbocycles. The van der Waals surface area contributed by atoms with Crippen molar-refractivity contribution < 1.29 is 17.8 Å². The molecular formula is C22H29N6O3S+. The predicted molar refractivity (Wildman–Crippen MR) is 121 cm³/mol. The second kappa shape index (κ2) is 8.16. The van der Waals surface area contributed by atoms with Crippen LogP contribution in [-0.2, 0) is 17.1 Å². The minimum Gasteiger partial charge on any atom is -0.330 e. The first-order chi connectivity index (χ1) is 15.0. The average Bonchev–Trinajstić information content (AvgIpc) is 3.16. The normalized spacial score (nSPS) is 17.0. The molecule has 2 aromatic heterocycles. The lowest BCUT2D eigenvalue weighted by atomic mass is 9.97. The molecule has 1 amide bonds. The SMILES string of the molecule is Cc1ccc(NS(C)(=O)=O)c(C(=O)N2CCCC[C@H]2c2cc3nc(C)[n+](C)c(C)n3n2)c1. The van der Waals surface area contributed by atoms with E-state index < -0.39 is 10.0 Å². The number of hydrogen-bond donors (Lipinski definition) is 1. The van der Waals surface area contributed by atoms with E-state index >= 15 is 0 Å². The number of carbonyl (C=O) groups is 1. The number of aromatic nitrogens is 4. The van der Waals surface area contributed by atoms with E-state index in [4.69, 9.17) is 5.10 Å². The van der Waals surface area contributed by atoms with Gasteiger partial charge in [-0.2, -0.15) is 0 Å². The molecule has 1 aliphatic rings. The summed E-state index contributed by atoms with van der Waals surface area (Å²) in [5, 5.41) is 4.79. The highest BCUT2D eigenvalue weighted by Crippen LogP contribution is 2.33. The van der Waals surface area contributed by atoms with E-state index in [9.17, 15) is 13.2 Å². The summed E-state index contributed by atoms with van der Waals surface area (Å²) in [7, 11) is -1.57. The number of nitrogens with one attached hydrogen (secondary N) is 1. The minimum absolute atomic E-state index is 0.199. The van der Waals surface area contributed by atoms with Crippen LogP contribution in [0.3, 0.4) is 0 Å². The van der Waals surface area contributed by atoms with Crippen LogP contribution >= 0.6 is 0 Å². The summed E-state index contributed by atoms with van der Waals surface area (Å²) < 4.78 is 30.0. The summed E-state index contributed by atoms with van der Waals surface area (Å²) in [6.45, 7) is 6.40. The van der Waals surface area contributed by atoms with Crippen LogP contribution in [0.1, 0.15) is 58.6 Å². The van der Waals surface area contributed by atoms with E-state index in [0.717, 1.165) is 54.1 Å². The third-order valence-electron chi connectivity index (χ3n) is 6.07. The van der Waals surface area contributed by atoms with Gasteiger partial charge in [0.2, 0.25) is 21.7 Å². The molecule has 1 atom stereocenters. The fourth-order valence-corrected chi connectivity index (χ4v) is 4.82. The van der Waals surface area contributed by atoms with Crippen molar-refractivity contribution in [2.24, 2.45) is 7.05 Å². The Balaban J connectivity index is 1.75. The van der Waals surface area contributed by atoms with Gasteiger partial charge < -0.3 is 4.90 Å². The summed E-state index contributed by atoms with van der Waals surface area (Å²) in [6, 6.07) is 6.91. The lowest BCUT2D eigenvalue weighted by Gasteiger charge is -2.35. The molecular weight excluding hydrogens is 428 g/mol. The molecule has 170 valence electrons. The van der Waals surface area contributed by atoms with E-state index in [1.165, 1.54) is 0 Å². The maximum absolute atomic E-state index is 13.7. The number of fused-ring (bicyclic) bond motifs is 1. The minimum atomic E-state index is -3.52. The number of sulfonamides is 1. The van der Waals surface area contributed by atoms with Crippen molar-refractivity contribution in [3.05, 3.63) is 52.7 Å². The number of amides is 1. The summed E-state index contributed by atoms with van der Waals surface area (Å²) >= 11 is 0. The Kier molecular flexibility index (Phi) is 5.66. The molecule has 0 unspecified atom stereocenters.